The third-order valence-electron chi connectivity index (χ3n) is 5.75. The van der Waals surface area contributed by atoms with Gasteiger partial charge in [0.15, 0.2) is 5.96 Å². The molecule has 0 aromatic heterocycles. The molecular weight excluding hydrogens is 302 g/mol. The van der Waals surface area contributed by atoms with E-state index in [1.54, 1.807) is 0 Å². The standard InChI is InChI=1S/C18H35N5O/c1-3-19-18(21(2)7-4-16-5-12-24-13-6-16)20-14-17-15-22-8-10-23(17)11-9-22/h16-17H,3-15H2,1-2H3,(H,19,20). The second-order valence-electron chi connectivity index (χ2n) is 7.45. The number of hydrogen-bond acceptors (Lipinski definition) is 4. The molecule has 6 nitrogen and oxygen atoms in total. The lowest BCUT2D eigenvalue weighted by molar-refractivity contribution is 0.0173. The Hall–Kier alpha value is -0.850. The first-order valence-electron chi connectivity index (χ1n) is 9.80. The lowest BCUT2D eigenvalue weighted by atomic mass is 9.96. The number of guanidine groups is 1. The molecule has 0 aromatic carbocycles. The van der Waals surface area contributed by atoms with Gasteiger partial charge in [-0.3, -0.25) is 14.8 Å². The summed E-state index contributed by atoms with van der Waals surface area (Å²) in [4.78, 5) is 12.5. The predicted molar refractivity (Wildman–Crippen MR) is 98.6 cm³/mol. The van der Waals surface area contributed by atoms with Crippen LogP contribution in [0.5, 0.6) is 0 Å². The molecule has 1 N–H and O–H groups in total. The van der Waals surface area contributed by atoms with Crippen LogP contribution in [0.2, 0.25) is 0 Å². The van der Waals surface area contributed by atoms with E-state index in [9.17, 15) is 0 Å². The van der Waals surface area contributed by atoms with Crippen molar-refractivity contribution in [3.05, 3.63) is 0 Å². The molecule has 4 saturated heterocycles. The van der Waals surface area contributed by atoms with Crippen LogP contribution in [0.1, 0.15) is 26.2 Å². The van der Waals surface area contributed by atoms with Gasteiger partial charge >= 0.3 is 0 Å². The minimum absolute atomic E-state index is 0.602. The first kappa shape index (κ1) is 18.0. The summed E-state index contributed by atoms with van der Waals surface area (Å²) in [7, 11) is 2.18. The van der Waals surface area contributed by atoms with Gasteiger partial charge in [0.05, 0.1) is 6.54 Å². The summed E-state index contributed by atoms with van der Waals surface area (Å²) in [5.74, 6) is 1.89. The lowest BCUT2D eigenvalue weighted by Gasteiger charge is -2.47. The van der Waals surface area contributed by atoms with E-state index >= 15 is 0 Å². The Labute approximate surface area is 147 Å². The summed E-state index contributed by atoms with van der Waals surface area (Å²) < 4.78 is 5.46. The van der Waals surface area contributed by atoms with Crippen LogP contribution in [-0.2, 0) is 4.74 Å². The number of rotatable bonds is 6. The fourth-order valence-corrected chi connectivity index (χ4v) is 4.08. The quantitative estimate of drug-likeness (QED) is 0.571. The highest BCUT2D eigenvalue weighted by atomic mass is 16.5. The maximum Gasteiger partial charge on any atom is 0.193 e. The Morgan fingerprint density at radius 2 is 1.96 bits per heavy atom. The normalized spacial score (nSPS) is 31.2. The Morgan fingerprint density at radius 1 is 1.21 bits per heavy atom. The van der Waals surface area contributed by atoms with Crippen molar-refractivity contribution in [1.82, 2.24) is 20.0 Å². The third-order valence-corrected chi connectivity index (χ3v) is 5.75. The van der Waals surface area contributed by atoms with Gasteiger partial charge in [-0.1, -0.05) is 0 Å². The molecule has 2 bridgehead atoms. The molecular formula is C18H35N5O. The van der Waals surface area contributed by atoms with Crippen LogP contribution in [-0.4, -0.2) is 99.3 Å². The van der Waals surface area contributed by atoms with Gasteiger partial charge in [-0.25, -0.2) is 0 Å². The van der Waals surface area contributed by atoms with Gasteiger partial charge in [0.1, 0.15) is 0 Å². The van der Waals surface area contributed by atoms with Crippen molar-refractivity contribution in [2.24, 2.45) is 10.9 Å². The number of piperazine rings is 3. The van der Waals surface area contributed by atoms with Gasteiger partial charge in [-0.2, -0.15) is 0 Å². The highest BCUT2D eigenvalue weighted by Crippen LogP contribution is 2.19. The molecule has 138 valence electrons. The van der Waals surface area contributed by atoms with Gasteiger partial charge in [-0.15, -0.1) is 0 Å². The first-order chi connectivity index (χ1) is 11.8. The molecule has 0 spiro atoms. The maximum atomic E-state index is 5.46. The monoisotopic (exact) mass is 337 g/mol. The van der Waals surface area contributed by atoms with Crippen molar-refractivity contribution in [3.8, 4) is 0 Å². The fraction of sp³-hybridized carbons (Fsp3) is 0.944. The van der Waals surface area contributed by atoms with E-state index in [0.717, 1.165) is 44.7 Å². The minimum atomic E-state index is 0.602. The van der Waals surface area contributed by atoms with E-state index in [4.69, 9.17) is 9.73 Å². The molecule has 4 rings (SSSR count). The van der Waals surface area contributed by atoms with Crippen molar-refractivity contribution < 1.29 is 4.74 Å². The number of nitrogens with one attached hydrogen (secondary N) is 1. The van der Waals surface area contributed by atoms with E-state index in [-0.39, 0.29) is 0 Å². The van der Waals surface area contributed by atoms with Gasteiger partial charge in [0, 0.05) is 72.1 Å². The smallest absolute Gasteiger partial charge is 0.193 e. The average molecular weight is 338 g/mol. The molecule has 1 unspecified atom stereocenters. The molecule has 6 heteroatoms. The molecule has 24 heavy (non-hydrogen) atoms. The average Bonchev–Trinajstić information content (AvgIpc) is 2.65. The zero-order valence-corrected chi connectivity index (χ0v) is 15.5. The van der Waals surface area contributed by atoms with Crippen molar-refractivity contribution in [3.63, 3.8) is 0 Å². The number of nitrogens with zero attached hydrogens (tertiary/aromatic N) is 4. The first-order valence-corrected chi connectivity index (χ1v) is 9.80. The largest absolute Gasteiger partial charge is 0.381 e. The van der Waals surface area contributed by atoms with Crippen LogP contribution in [0.3, 0.4) is 0 Å². The molecule has 0 aromatic rings. The molecule has 4 aliphatic rings. The number of fused-ring (bicyclic) bond motifs is 3. The number of hydrogen-bond donors (Lipinski definition) is 1. The highest BCUT2D eigenvalue weighted by Gasteiger charge is 2.31. The number of ether oxygens (including phenoxy) is 1. The number of aliphatic imine (C=N–C) groups is 1. The van der Waals surface area contributed by atoms with E-state index < -0.39 is 0 Å². The molecule has 1 atom stereocenters. The Kier molecular flexibility index (Phi) is 6.75. The Bertz CT molecular complexity index is 402. The van der Waals surface area contributed by atoms with Gasteiger partial charge in [-0.05, 0) is 32.1 Å². The summed E-state index contributed by atoms with van der Waals surface area (Å²) in [6.45, 7) is 13.1. The van der Waals surface area contributed by atoms with Crippen LogP contribution in [0.15, 0.2) is 4.99 Å². The molecule has 0 radical (unpaired) electrons. The lowest BCUT2D eigenvalue weighted by Crippen LogP contribution is -2.62. The molecule has 0 amide bonds. The van der Waals surface area contributed by atoms with E-state index in [1.807, 2.05) is 0 Å². The van der Waals surface area contributed by atoms with Crippen molar-refractivity contribution in [2.45, 2.75) is 32.2 Å². The SMILES string of the molecule is CCNC(=NCC1CN2CCN1CC2)N(C)CCC1CCOCC1. The van der Waals surface area contributed by atoms with Crippen molar-refractivity contribution in [2.75, 3.05) is 72.6 Å². The van der Waals surface area contributed by atoms with Gasteiger partial charge in [0.2, 0.25) is 0 Å². The molecule has 0 saturated carbocycles. The summed E-state index contributed by atoms with van der Waals surface area (Å²) >= 11 is 0. The molecule has 4 aliphatic heterocycles. The summed E-state index contributed by atoms with van der Waals surface area (Å²) in [6, 6.07) is 0.602. The third kappa shape index (κ3) is 4.83. The Morgan fingerprint density at radius 3 is 2.58 bits per heavy atom. The van der Waals surface area contributed by atoms with Gasteiger partial charge in [0.25, 0.3) is 0 Å². The molecule has 4 heterocycles. The zero-order valence-electron chi connectivity index (χ0n) is 15.5. The van der Waals surface area contributed by atoms with E-state index in [2.05, 4.69) is 34.0 Å². The maximum absolute atomic E-state index is 5.46. The van der Waals surface area contributed by atoms with Gasteiger partial charge < -0.3 is 15.0 Å². The summed E-state index contributed by atoms with van der Waals surface area (Å²) in [5, 5.41) is 3.47. The minimum Gasteiger partial charge on any atom is -0.381 e. The summed E-state index contributed by atoms with van der Waals surface area (Å²) in [5.41, 5.74) is 0. The second-order valence-corrected chi connectivity index (χ2v) is 7.45. The van der Waals surface area contributed by atoms with Crippen LogP contribution >= 0.6 is 0 Å². The zero-order chi connectivity index (χ0) is 16.8. The molecule has 0 aliphatic carbocycles. The van der Waals surface area contributed by atoms with Crippen LogP contribution in [0.25, 0.3) is 0 Å². The van der Waals surface area contributed by atoms with E-state index in [0.29, 0.717) is 6.04 Å². The second kappa shape index (κ2) is 9.02. The van der Waals surface area contributed by atoms with Crippen molar-refractivity contribution >= 4 is 5.96 Å². The van der Waals surface area contributed by atoms with E-state index in [1.165, 1.54) is 52.0 Å². The fourth-order valence-electron chi connectivity index (χ4n) is 4.08. The van der Waals surface area contributed by atoms with Crippen LogP contribution in [0, 0.1) is 5.92 Å². The predicted octanol–water partition coefficient (Wildman–Crippen LogP) is 0.700. The summed E-state index contributed by atoms with van der Waals surface area (Å²) in [6.07, 6.45) is 3.68. The topological polar surface area (TPSA) is 43.3 Å². The Balaban J connectivity index is 1.48. The molecule has 4 fully saturated rings. The highest BCUT2D eigenvalue weighted by molar-refractivity contribution is 5.79. The van der Waals surface area contributed by atoms with Crippen LogP contribution in [0.4, 0.5) is 0 Å². The van der Waals surface area contributed by atoms with Crippen LogP contribution < -0.4 is 5.32 Å². The van der Waals surface area contributed by atoms with Crippen molar-refractivity contribution in [1.29, 1.82) is 0 Å².